The minimum atomic E-state index is -4.71. The summed E-state index contributed by atoms with van der Waals surface area (Å²) in [4.78, 5) is 19.3. The van der Waals surface area contributed by atoms with Gasteiger partial charge in [-0.25, -0.2) is 0 Å². The van der Waals surface area contributed by atoms with E-state index in [1.165, 1.54) is 12.3 Å². The van der Waals surface area contributed by atoms with Crippen molar-refractivity contribution in [3.05, 3.63) is 53.9 Å². The van der Waals surface area contributed by atoms with E-state index in [9.17, 15) is 23.1 Å². The molecule has 0 aliphatic carbocycles. The number of allylic oxidation sites excluding steroid dienone is 1. The number of alkyl halides is 3. The van der Waals surface area contributed by atoms with Crippen LogP contribution in [0.15, 0.2) is 58.2 Å². The standard InChI is InChI=1S/C17H27N5O2.C8H7F3N2O/c1-13-10-16(22-21-13)20-17(24)15(11-19-3)7-5-4-6-14(12-23)8-9-18-2;1-13-7-4-5(2-3-6(7)12)14-8(9,10)11/h5,7,10-11,14,18,23H,3-4,6,8-9,12H2,1-2H3,(H2,20,21,22,24);2-4H,1,12H2/b7-5-,15-11+;. The van der Waals surface area contributed by atoms with Crippen LogP contribution in [0.25, 0.3) is 0 Å². The van der Waals surface area contributed by atoms with Crippen molar-refractivity contribution in [2.75, 3.05) is 31.2 Å². The number of rotatable bonds is 13. The molecule has 1 unspecified atom stereocenters. The lowest BCUT2D eigenvalue weighted by Gasteiger charge is -2.12. The molecule has 0 aliphatic rings. The van der Waals surface area contributed by atoms with E-state index in [-0.39, 0.29) is 35.6 Å². The number of aryl methyl sites for hydroxylation is 1. The first kappa shape index (κ1) is 32.1. The summed E-state index contributed by atoms with van der Waals surface area (Å²) in [6, 6.07) is 5.19. The van der Waals surface area contributed by atoms with Crippen LogP contribution in [-0.4, -0.2) is 61.2 Å². The maximum Gasteiger partial charge on any atom is 0.573 e. The number of aliphatic imine (C=N–C) groups is 2. The number of H-pyrrole nitrogens is 1. The van der Waals surface area contributed by atoms with Gasteiger partial charge in [0.15, 0.2) is 5.82 Å². The van der Waals surface area contributed by atoms with Gasteiger partial charge in [-0.05, 0) is 71.3 Å². The number of aliphatic hydroxyl groups excluding tert-OH is 1. The van der Waals surface area contributed by atoms with Crippen LogP contribution in [0.3, 0.4) is 0 Å². The van der Waals surface area contributed by atoms with Gasteiger partial charge in [0.05, 0.1) is 16.9 Å². The van der Waals surface area contributed by atoms with Crippen molar-refractivity contribution in [2.24, 2.45) is 15.9 Å². The van der Waals surface area contributed by atoms with Crippen molar-refractivity contribution in [1.82, 2.24) is 15.5 Å². The molecule has 13 heteroatoms. The maximum absolute atomic E-state index is 12.2. The van der Waals surface area contributed by atoms with Gasteiger partial charge in [-0.2, -0.15) is 5.10 Å². The van der Waals surface area contributed by atoms with E-state index in [4.69, 9.17) is 5.73 Å². The number of ether oxygens (including phenoxy) is 1. The third-order valence-electron chi connectivity index (χ3n) is 4.95. The highest BCUT2D eigenvalue weighted by Gasteiger charge is 2.31. The fourth-order valence-corrected chi connectivity index (χ4v) is 3.02. The predicted octanol–water partition coefficient (Wildman–Crippen LogP) is 4.30. The number of nitrogens with zero attached hydrogens (tertiary/aromatic N) is 3. The molecule has 2 aromatic rings. The van der Waals surface area contributed by atoms with Gasteiger partial charge >= 0.3 is 6.36 Å². The number of nitrogens with two attached hydrogens (primary N) is 1. The molecule has 0 saturated carbocycles. The SMILES string of the molecule is C=N/C=C(\C=C/CCC(CO)CCNC)C(=O)Nc1cc(C)[nH]n1.C=Nc1cc(OC(F)(F)F)ccc1N. The molecular weight excluding hydrogens is 503 g/mol. The topological polar surface area (TPSA) is 150 Å². The maximum atomic E-state index is 12.2. The minimum absolute atomic E-state index is 0.159. The first-order valence-corrected chi connectivity index (χ1v) is 11.6. The highest BCUT2D eigenvalue weighted by atomic mass is 19.4. The van der Waals surface area contributed by atoms with Crippen molar-refractivity contribution in [3.8, 4) is 5.75 Å². The van der Waals surface area contributed by atoms with Gasteiger partial charge in [-0.3, -0.25) is 19.9 Å². The van der Waals surface area contributed by atoms with E-state index >= 15 is 0 Å². The summed E-state index contributed by atoms with van der Waals surface area (Å²) < 4.78 is 39.0. The molecule has 1 atom stereocenters. The molecule has 0 fully saturated rings. The van der Waals surface area contributed by atoms with Crippen molar-refractivity contribution in [2.45, 2.75) is 32.5 Å². The largest absolute Gasteiger partial charge is 0.573 e. The Bertz CT molecular complexity index is 1100. The second kappa shape index (κ2) is 16.7. The number of anilines is 2. The first-order chi connectivity index (χ1) is 18.0. The summed E-state index contributed by atoms with van der Waals surface area (Å²) in [5, 5.41) is 21.9. The van der Waals surface area contributed by atoms with Crippen LogP contribution >= 0.6 is 0 Å². The molecule has 0 saturated heterocycles. The Morgan fingerprint density at radius 1 is 1.32 bits per heavy atom. The van der Waals surface area contributed by atoms with Gasteiger partial charge in [0.25, 0.3) is 5.91 Å². The van der Waals surface area contributed by atoms with Gasteiger partial charge in [-0.15, -0.1) is 13.2 Å². The number of nitrogen functional groups attached to an aromatic ring is 1. The molecule has 1 aromatic carbocycles. The second-order valence-corrected chi connectivity index (χ2v) is 8.00. The molecule has 1 amide bonds. The molecule has 0 spiro atoms. The molecule has 208 valence electrons. The lowest BCUT2D eigenvalue weighted by Crippen LogP contribution is -2.17. The number of aliphatic hydroxyl groups is 1. The summed E-state index contributed by atoms with van der Waals surface area (Å²) >= 11 is 0. The zero-order valence-electron chi connectivity index (χ0n) is 21.4. The first-order valence-electron chi connectivity index (χ1n) is 11.6. The third kappa shape index (κ3) is 12.8. The predicted molar refractivity (Wildman–Crippen MR) is 144 cm³/mol. The minimum Gasteiger partial charge on any atom is -0.406 e. The van der Waals surface area contributed by atoms with Gasteiger partial charge in [0, 0.05) is 30.6 Å². The smallest absolute Gasteiger partial charge is 0.406 e. The van der Waals surface area contributed by atoms with Crippen LogP contribution in [0.2, 0.25) is 0 Å². The number of hydrogen-bond donors (Lipinski definition) is 5. The highest BCUT2D eigenvalue weighted by molar-refractivity contribution is 6.05. The zero-order chi connectivity index (χ0) is 28.6. The fourth-order valence-electron chi connectivity index (χ4n) is 3.02. The Morgan fingerprint density at radius 2 is 2.05 bits per heavy atom. The van der Waals surface area contributed by atoms with Gasteiger partial charge in [0.2, 0.25) is 0 Å². The summed E-state index contributed by atoms with van der Waals surface area (Å²) in [5.41, 5.74) is 7.07. The van der Waals surface area contributed by atoms with Crippen LogP contribution in [0.1, 0.15) is 25.0 Å². The molecule has 0 radical (unpaired) electrons. The van der Waals surface area contributed by atoms with Crippen molar-refractivity contribution in [3.63, 3.8) is 0 Å². The molecule has 6 N–H and O–H groups in total. The fraction of sp³-hybridized carbons (Fsp3) is 0.360. The molecule has 1 aromatic heterocycles. The third-order valence-corrected chi connectivity index (χ3v) is 4.95. The Morgan fingerprint density at radius 3 is 2.61 bits per heavy atom. The van der Waals surface area contributed by atoms with E-state index in [0.29, 0.717) is 11.4 Å². The molecule has 2 rings (SSSR count). The van der Waals surface area contributed by atoms with Gasteiger partial charge in [-0.1, -0.05) is 12.2 Å². The quantitative estimate of drug-likeness (QED) is 0.111. The van der Waals surface area contributed by atoms with E-state index in [1.807, 2.05) is 20.0 Å². The lowest BCUT2D eigenvalue weighted by molar-refractivity contribution is -0.274. The van der Waals surface area contributed by atoms with E-state index in [2.05, 4.69) is 49.0 Å². The van der Waals surface area contributed by atoms with Crippen LogP contribution in [-0.2, 0) is 4.79 Å². The summed E-state index contributed by atoms with van der Waals surface area (Å²) in [5.74, 6) is 0.0642. The number of carbonyl (C=O) groups is 1. The number of hydrogen-bond acceptors (Lipinski definition) is 8. The second-order valence-electron chi connectivity index (χ2n) is 8.00. The lowest BCUT2D eigenvalue weighted by atomic mass is 10.00. The van der Waals surface area contributed by atoms with Crippen LogP contribution in [0.5, 0.6) is 5.75 Å². The average molecular weight is 538 g/mol. The zero-order valence-corrected chi connectivity index (χ0v) is 21.4. The van der Waals surface area contributed by atoms with Crippen molar-refractivity contribution in [1.29, 1.82) is 0 Å². The number of aromatic amines is 1. The molecule has 10 nitrogen and oxygen atoms in total. The summed E-state index contributed by atoms with van der Waals surface area (Å²) in [6.07, 6.45) is 2.90. The monoisotopic (exact) mass is 537 g/mol. The van der Waals surface area contributed by atoms with Gasteiger partial charge in [0.1, 0.15) is 5.75 Å². The number of halogens is 3. The van der Waals surface area contributed by atoms with Crippen LogP contribution in [0, 0.1) is 12.8 Å². The Balaban J connectivity index is 0.000000437. The number of benzene rings is 1. The Kier molecular flexibility index (Phi) is 14.1. The van der Waals surface area contributed by atoms with Crippen LogP contribution < -0.4 is 21.1 Å². The molecule has 1 heterocycles. The normalized spacial score (nSPS) is 12.4. The van der Waals surface area contributed by atoms with E-state index in [0.717, 1.165) is 43.6 Å². The Labute approximate surface area is 219 Å². The molecule has 0 bridgehead atoms. The Hall–Kier alpha value is -3.97. The molecular formula is C25H34F3N7O3. The molecule has 38 heavy (non-hydrogen) atoms. The molecule has 0 aliphatic heterocycles. The summed E-state index contributed by atoms with van der Waals surface area (Å²) in [7, 11) is 1.90. The number of amides is 1. The summed E-state index contributed by atoms with van der Waals surface area (Å²) in [6.45, 7) is 9.47. The van der Waals surface area contributed by atoms with Crippen molar-refractivity contribution < 1.29 is 27.8 Å². The number of aromatic nitrogens is 2. The number of carbonyl (C=O) groups excluding carboxylic acids is 1. The number of nitrogens with one attached hydrogen (secondary N) is 3. The van der Waals surface area contributed by atoms with Crippen LogP contribution in [0.4, 0.5) is 30.4 Å². The van der Waals surface area contributed by atoms with Gasteiger partial charge < -0.3 is 26.2 Å². The highest BCUT2D eigenvalue weighted by Crippen LogP contribution is 2.30. The average Bonchev–Trinajstić information content (AvgIpc) is 3.27. The van der Waals surface area contributed by atoms with E-state index < -0.39 is 6.36 Å². The van der Waals surface area contributed by atoms with E-state index in [1.54, 1.807) is 12.1 Å². The van der Waals surface area contributed by atoms with Crippen molar-refractivity contribution >= 4 is 36.5 Å².